The number of nitrogens with one attached hydrogen (secondary N) is 1. The zero-order valence-corrected chi connectivity index (χ0v) is 12.4. The van der Waals surface area contributed by atoms with Crippen LogP contribution in [0.3, 0.4) is 0 Å². The summed E-state index contributed by atoms with van der Waals surface area (Å²) in [7, 11) is 0. The van der Waals surface area contributed by atoms with Gasteiger partial charge in [-0.3, -0.25) is 0 Å². The van der Waals surface area contributed by atoms with Gasteiger partial charge >= 0.3 is 0 Å². The monoisotopic (exact) mass is 314 g/mol. The molecule has 2 nitrogen and oxygen atoms in total. The van der Waals surface area contributed by atoms with Gasteiger partial charge in [-0.25, -0.2) is 0 Å². The molecule has 0 aliphatic carbocycles. The van der Waals surface area contributed by atoms with Gasteiger partial charge in [-0.1, -0.05) is 40.2 Å². The topological polar surface area (TPSA) is 35.8 Å². The summed E-state index contributed by atoms with van der Waals surface area (Å²) >= 11 is 3.37. The zero-order chi connectivity index (χ0) is 13.7. The van der Waals surface area contributed by atoms with Crippen LogP contribution in [-0.4, -0.2) is 6.54 Å². The fourth-order valence-corrected chi connectivity index (χ4v) is 2.35. The maximum absolute atomic E-state index is 9.09. The standard InChI is InChI=1S/C16H15BrN2/c1-12-4-2-3-5-13(12)8-9-19-16-7-6-15(17)10-14(16)11-18/h2-7,10,19H,8-9H2,1H3. The molecule has 0 heterocycles. The average molecular weight is 315 g/mol. The van der Waals surface area contributed by atoms with Gasteiger partial charge in [-0.15, -0.1) is 0 Å². The first-order valence-corrected chi connectivity index (χ1v) is 6.98. The molecule has 0 aliphatic rings. The van der Waals surface area contributed by atoms with Crippen LogP contribution < -0.4 is 5.32 Å². The Hall–Kier alpha value is -1.79. The fourth-order valence-electron chi connectivity index (χ4n) is 1.99. The largest absolute Gasteiger partial charge is 0.384 e. The quantitative estimate of drug-likeness (QED) is 0.914. The lowest BCUT2D eigenvalue weighted by molar-refractivity contribution is 1.00. The second-order valence-corrected chi connectivity index (χ2v) is 5.32. The Kier molecular flexibility index (Phi) is 4.59. The molecule has 96 valence electrons. The first kappa shape index (κ1) is 13.6. The van der Waals surface area contributed by atoms with E-state index in [1.165, 1.54) is 11.1 Å². The molecule has 2 aromatic rings. The Labute approximate surface area is 122 Å². The summed E-state index contributed by atoms with van der Waals surface area (Å²) in [6.07, 6.45) is 0.952. The third kappa shape index (κ3) is 3.59. The second-order valence-electron chi connectivity index (χ2n) is 4.40. The van der Waals surface area contributed by atoms with E-state index in [2.05, 4.69) is 58.5 Å². The van der Waals surface area contributed by atoms with Gasteiger partial charge < -0.3 is 5.32 Å². The molecule has 0 unspecified atom stereocenters. The van der Waals surface area contributed by atoms with Gasteiger partial charge in [0.1, 0.15) is 6.07 Å². The van der Waals surface area contributed by atoms with Crippen LogP contribution in [0.1, 0.15) is 16.7 Å². The SMILES string of the molecule is Cc1ccccc1CCNc1ccc(Br)cc1C#N. The van der Waals surface area contributed by atoms with Gasteiger partial charge in [0.05, 0.1) is 11.3 Å². The molecule has 0 aromatic heterocycles. The van der Waals surface area contributed by atoms with Gasteiger partial charge in [0.15, 0.2) is 0 Å². The van der Waals surface area contributed by atoms with Crippen molar-refractivity contribution >= 4 is 21.6 Å². The predicted molar refractivity (Wildman–Crippen MR) is 82.2 cm³/mol. The lowest BCUT2D eigenvalue weighted by atomic mass is 10.1. The third-order valence-corrected chi connectivity index (χ3v) is 3.57. The van der Waals surface area contributed by atoms with E-state index in [9.17, 15) is 0 Å². The molecule has 0 aliphatic heterocycles. The number of nitrogens with zero attached hydrogens (tertiary/aromatic N) is 1. The Morgan fingerprint density at radius 1 is 1.21 bits per heavy atom. The van der Waals surface area contributed by atoms with Crippen molar-refractivity contribution in [3.05, 3.63) is 63.6 Å². The number of halogens is 1. The van der Waals surface area contributed by atoms with Crippen LogP contribution in [0.4, 0.5) is 5.69 Å². The molecule has 0 amide bonds. The van der Waals surface area contributed by atoms with Gasteiger partial charge in [0, 0.05) is 11.0 Å². The molecule has 2 aromatic carbocycles. The number of hydrogen-bond donors (Lipinski definition) is 1. The molecule has 19 heavy (non-hydrogen) atoms. The number of rotatable bonds is 4. The highest BCUT2D eigenvalue weighted by atomic mass is 79.9. The Morgan fingerprint density at radius 2 is 2.00 bits per heavy atom. The number of hydrogen-bond acceptors (Lipinski definition) is 2. The van der Waals surface area contributed by atoms with Crippen molar-refractivity contribution in [2.75, 3.05) is 11.9 Å². The van der Waals surface area contributed by atoms with Gasteiger partial charge in [0.25, 0.3) is 0 Å². The summed E-state index contributed by atoms with van der Waals surface area (Å²) in [5.41, 5.74) is 4.20. The van der Waals surface area contributed by atoms with Crippen molar-refractivity contribution in [3.8, 4) is 6.07 Å². The van der Waals surface area contributed by atoms with Gasteiger partial charge in [0.2, 0.25) is 0 Å². The zero-order valence-electron chi connectivity index (χ0n) is 10.8. The third-order valence-electron chi connectivity index (χ3n) is 3.07. The minimum atomic E-state index is 0.666. The Bertz CT molecular complexity index is 614. The molecule has 0 bridgehead atoms. The smallest absolute Gasteiger partial charge is 0.101 e. The highest BCUT2D eigenvalue weighted by Gasteiger charge is 2.02. The summed E-state index contributed by atoms with van der Waals surface area (Å²) in [4.78, 5) is 0. The van der Waals surface area contributed by atoms with Crippen molar-refractivity contribution in [3.63, 3.8) is 0 Å². The van der Waals surface area contributed by atoms with Crippen LogP contribution in [0.25, 0.3) is 0 Å². The van der Waals surface area contributed by atoms with Crippen LogP contribution >= 0.6 is 15.9 Å². The average Bonchev–Trinajstić information content (AvgIpc) is 2.42. The summed E-state index contributed by atoms with van der Waals surface area (Å²) in [6, 6.07) is 16.3. The van der Waals surface area contributed by atoms with Crippen molar-refractivity contribution in [1.29, 1.82) is 5.26 Å². The summed E-state index contributed by atoms with van der Waals surface area (Å²) in [5, 5.41) is 12.4. The van der Waals surface area contributed by atoms with Gasteiger partial charge in [-0.2, -0.15) is 5.26 Å². The number of aryl methyl sites for hydroxylation is 1. The van der Waals surface area contributed by atoms with E-state index in [1.807, 2.05) is 18.2 Å². The Balaban J connectivity index is 2.01. The minimum Gasteiger partial charge on any atom is -0.384 e. The first-order chi connectivity index (χ1) is 9.20. The normalized spacial score (nSPS) is 9.95. The summed E-state index contributed by atoms with van der Waals surface area (Å²) < 4.78 is 0.925. The Morgan fingerprint density at radius 3 is 2.74 bits per heavy atom. The highest BCUT2D eigenvalue weighted by Crippen LogP contribution is 2.20. The number of anilines is 1. The van der Waals surface area contributed by atoms with E-state index < -0.39 is 0 Å². The van der Waals surface area contributed by atoms with Crippen molar-refractivity contribution < 1.29 is 0 Å². The van der Waals surface area contributed by atoms with E-state index in [4.69, 9.17) is 5.26 Å². The summed E-state index contributed by atoms with van der Waals surface area (Å²) in [5.74, 6) is 0. The molecular formula is C16H15BrN2. The van der Waals surface area contributed by atoms with Crippen molar-refractivity contribution in [2.24, 2.45) is 0 Å². The first-order valence-electron chi connectivity index (χ1n) is 6.19. The van der Waals surface area contributed by atoms with E-state index >= 15 is 0 Å². The predicted octanol–water partition coefficient (Wildman–Crippen LogP) is 4.28. The molecule has 1 N–H and O–H groups in total. The van der Waals surface area contributed by atoms with Gasteiger partial charge in [-0.05, 0) is 42.7 Å². The van der Waals surface area contributed by atoms with Crippen LogP contribution in [0.2, 0.25) is 0 Å². The highest BCUT2D eigenvalue weighted by molar-refractivity contribution is 9.10. The van der Waals surface area contributed by atoms with E-state index in [1.54, 1.807) is 0 Å². The molecule has 0 saturated heterocycles. The summed E-state index contributed by atoms with van der Waals surface area (Å²) in [6.45, 7) is 2.94. The molecule has 0 saturated carbocycles. The molecule has 2 rings (SSSR count). The van der Waals surface area contributed by atoms with E-state index in [-0.39, 0.29) is 0 Å². The maximum atomic E-state index is 9.09. The fraction of sp³-hybridized carbons (Fsp3) is 0.188. The second kappa shape index (κ2) is 6.40. The molecule has 0 radical (unpaired) electrons. The number of benzene rings is 2. The minimum absolute atomic E-state index is 0.666. The van der Waals surface area contributed by atoms with E-state index in [0.717, 1.165) is 23.1 Å². The lowest BCUT2D eigenvalue weighted by Crippen LogP contribution is -2.07. The molecular weight excluding hydrogens is 300 g/mol. The van der Waals surface area contributed by atoms with Crippen molar-refractivity contribution in [2.45, 2.75) is 13.3 Å². The lowest BCUT2D eigenvalue weighted by Gasteiger charge is -2.10. The molecule has 3 heteroatoms. The van der Waals surface area contributed by atoms with Crippen LogP contribution in [0, 0.1) is 18.3 Å². The molecule has 0 spiro atoms. The molecule has 0 atom stereocenters. The molecule has 0 fully saturated rings. The van der Waals surface area contributed by atoms with Crippen LogP contribution in [-0.2, 0) is 6.42 Å². The van der Waals surface area contributed by atoms with Crippen LogP contribution in [0.15, 0.2) is 46.9 Å². The van der Waals surface area contributed by atoms with E-state index in [0.29, 0.717) is 5.56 Å². The number of nitriles is 1. The van der Waals surface area contributed by atoms with Crippen LogP contribution in [0.5, 0.6) is 0 Å². The van der Waals surface area contributed by atoms with Crippen molar-refractivity contribution in [1.82, 2.24) is 0 Å². The maximum Gasteiger partial charge on any atom is 0.101 e.